The Balaban J connectivity index is 1.81. The number of hydrogen-bond acceptors (Lipinski definition) is 2. The third-order valence-electron chi connectivity index (χ3n) is 3.63. The summed E-state index contributed by atoms with van der Waals surface area (Å²) >= 11 is 0. The first-order valence-corrected chi connectivity index (χ1v) is 8.00. The highest BCUT2D eigenvalue weighted by atomic mass is 31.1. The Morgan fingerprint density at radius 3 is 3.44 bits per heavy atom. The summed E-state index contributed by atoms with van der Waals surface area (Å²) in [6.07, 6.45) is 7.31. The molecule has 0 aromatic carbocycles. The van der Waals surface area contributed by atoms with E-state index in [0.717, 1.165) is 26.5 Å². The molecule has 1 saturated carbocycles. The molecule has 2 nitrogen and oxygen atoms in total. The molecule has 84 valence electrons. The van der Waals surface area contributed by atoms with Crippen LogP contribution in [0.3, 0.4) is 0 Å². The number of allylic oxidation sites excluding steroid dienone is 3. The van der Waals surface area contributed by atoms with Gasteiger partial charge in [-0.15, -0.1) is 8.20 Å². The molecule has 1 heterocycles. The van der Waals surface area contributed by atoms with Crippen LogP contribution >= 0.6 is 16.8 Å². The average Bonchev–Trinajstić information content (AvgIpc) is 2.96. The maximum Gasteiger partial charge on any atom is 0.335 e. The van der Waals surface area contributed by atoms with Crippen LogP contribution in [0.1, 0.15) is 13.3 Å². The molecule has 0 bridgehead atoms. The zero-order valence-electron chi connectivity index (χ0n) is 9.14. The minimum atomic E-state index is -0.0681. The lowest BCUT2D eigenvalue weighted by Crippen LogP contribution is -2.16. The van der Waals surface area contributed by atoms with Gasteiger partial charge in [0.15, 0.2) is 0 Å². The van der Waals surface area contributed by atoms with Crippen LogP contribution < -0.4 is 0 Å². The van der Waals surface area contributed by atoms with Crippen LogP contribution in [-0.4, -0.2) is 23.5 Å². The van der Waals surface area contributed by atoms with E-state index in [0.29, 0.717) is 5.92 Å². The highest BCUT2D eigenvalue weighted by Gasteiger charge is 2.67. The first-order valence-electron chi connectivity index (χ1n) is 5.57. The lowest BCUT2D eigenvalue weighted by Gasteiger charge is -2.18. The molecule has 0 N–H and O–H groups in total. The van der Waals surface area contributed by atoms with E-state index >= 15 is 0 Å². The SMILES string of the molecule is CC=PCPC1OC(=O)C2=CC=CC3CC231. The number of esters is 1. The zero-order valence-corrected chi connectivity index (χ0v) is 11.0. The average molecular weight is 252 g/mol. The van der Waals surface area contributed by atoms with E-state index in [2.05, 4.69) is 18.8 Å². The van der Waals surface area contributed by atoms with Crippen molar-refractivity contribution in [2.45, 2.75) is 19.2 Å². The molecule has 16 heavy (non-hydrogen) atoms. The van der Waals surface area contributed by atoms with Crippen LogP contribution in [0.4, 0.5) is 0 Å². The Kier molecular flexibility index (Phi) is 2.53. The maximum atomic E-state index is 11.8. The predicted molar refractivity (Wildman–Crippen MR) is 69.5 cm³/mol. The molecule has 4 atom stereocenters. The molecule has 4 heteroatoms. The lowest BCUT2D eigenvalue weighted by molar-refractivity contribution is -0.136. The van der Waals surface area contributed by atoms with Gasteiger partial charge in [0, 0.05) is 11.5 Å². The molecule has 0 aromatic rings. The molecule has 0 radical (unpaired) electrons. The second-order valence-electron chi connectivity index (χ2n) is 4.40. The number of cyclic esters (lactones) is 1. The molecule has 3 aliphatic rings. The van der Waals surface area contributed by atoms with E-state index < -0.39 is 0 Å². The predicted octanol–water partition coefficient (Wildman–Crippen LogP) is 2.78. The fourth-order valence-electron chi connectivity index (χ4n) is 2.72. The second kappa shape index (κ2) is 3.79. The van der Waals surface area contributed by atoms with Gasteiger partial charge in [-0.1, -0.05) is 32.6 Å². The van der Waals surface area contributed by atoms with Gasteiger partial charge in [0.25, 0.3) is 0 Å². The van der Waals surface area contributed by atoms with Crippen molar-refractivity contribution in [1.29, 1.82) is 0 Å². The van der Waals surface area contributed by atoms with E-state index in [9.17, 15) is 4.79 Å². The summed E-state index contributed by atoms with van der Waals surface area (Å²) in [5.41, 5.74) is 1.03. The topological polar surface area (TPSA) is 26.3 Å². The number of ether oxygens (including phenoxy) is 1. The first kappa shape index (κ1) is 10.7. The molecule has 1 spiro atoms. The van der Waals surface area contributed by atoms with Gasteiger partial charge in [-0.25, -0.2) is 4.79 Å². The van der Waals surface area contributed by atoms with Gasteiger partial charge >= 0.3 is 5.97 Å². The molecule has 3 rings (SSSR count). The maximum absolute atomic E-state index is 11.8. The molecule has 1 saturated heterocycles. The molecule has 0 aromatic heterocycles. The van der Waals surface area contributed by atoms with Crippen molar-refractivity contribution >= 4 is 28.6 Å². The van der Waals surface area contributed by atoms with Gasteiger partial charge in [-0.3, -0.25) is 0 Å². The smallest absolute Gasteiger partial charge is 0.335 e. The monoisotopic (exact) mass is 252 g/mol. The Morgan fingerprint density at radius 1 is 1.75 bits per heavy atom. The van der Waals surface area contributed by atoms with Crippen molar-refractivity contribution in [3.05, 3.63) is 23.8 Å². The molecule has 2 fully saturated rings. The van der Waals surface area contributed by atoms with Gasteiger partial charge < -0.3 is 4.74 Å². The molecule has 2 aliphatic carbocycles. The van der Waals surface area contributed by atoms with E-state index in [1.807, 2.05) is 12.2 Å². The fraction of sp³-hybridized carbons (Fsp3) is 0.500. The van der Waals surface area contributed by atoms with Crippen molar-refractivity contribution in [3.8, 4) is 0 Å². The molecular weight excluding hydrogens is 238 g/mol. The normalized spacial score (nSPS) is 40.1. The van der Waals surface area contributed by atoms with Crippen LogP contribution in [0.25, 0.3) is 0 Å². The van der Waals surface area contributed by atoms with Crippen molar-refractivity contribution in [1.82, 2.24) is 0 Å². The summed E-state index contributed by atoms with van der Waals surface area (Å²) < 4.78 is 5.55. The van der Waals surface area contributed by atoms with E-state index in [1.54, 1.807) is 0 Å². The quantitative estimate of drug-likeness (QED) is 0.570. The fourth-order valence-corrected chi connectivity index (χ4v) is 5.58. The van der Waals surface area contributed by atoms with Gasteiger partial charge in [0.1, 0.15) is 5.85 Å². The molecule has 4 unspecified atom stereocenters. The summed E-state index contributed by atoms with van der Waals surface area (Å²) in [4.78, 5) is 11.8. The number of carbonyl (C=O) groups is 1. The van der Waals surface area contributed by atoms with Gasteiger partial charge in [0.2, 0.25) is 0 Å². The van der Waals surface area contributed by atoms with E-state index in [1.165, 1.54) is 8.20 Å². The Hall–Kier alpha value is -0.450. The van der Waals surface area contributed by atoms with Crippen LogP contribution in [0.5, 0.6) is 0 Å². The molecule has 0 amide bonds. The van der Waals surface area contributed by atoms with E-state index in [-0.39, 0.29) is 17.2 Å². The zero-order chi connectivity index (χ0) is 11.2. The van der Waals surface area contributed by atoms with Crippen molar-refractivity contribution < 1.29 is 9.53 Å². The van der Waals surface area contributed by atoms with Crippen molar-refractivity contribution in [2.24, 2.45) is 11.3 Å². The minimum Gasteiger partial charge on any atom is -0.454 e. The highest BCUT2D eigenvalue weighted by Crippen LogP contribution is 2.69. The summed E-state index contributed by atoms with van der Waals surface area (Å²) in [5.74, 6) is 3.94. The van der Waals surface area contributed by atoms with Gasteiger partial charge in [0.05, 0.1) is 5.41 Å². The second-order valence-corrected chi connectivity index (χ2v) is 7.48. The Morgan fingerprint density at radius 2 is 2.62 bits per heavy atom. The minimum absolute atomic E-state index is 0.0681. The summed E-state index contributed by atoms with van der Waals surface area (Å²) in [6, 6.07) is 0. The lowest BCUT2D eigenvalue weighted by atomic mass is 9.92. The summed E-state index contributed by atoms with van der Waals surface area (Å²) in [6.45, 7) is 2.07. The molecular formula is C12H14O2P2. The third kappa shape index (κ3) is 1.36. The van der Waals surface area contributed by atoms with Gasteiger partial charge in [-0.05, 0) is 19.3 Å². The molecule has 1 aliphatic heterocycles. The number of hydrogen-bond donors (Lipinski definition) is 0. The Labute approximate surface area is 98.7 Å². The van der Waals surface area contributed by atoms with Crippen LogP contribution in [0.15, 0.2) is 23.8 Å². The van der Waals surface area contributed by atoms with Crippen LogP contribution in [-0.2, 0) is 9.53 Å². The van der Waals surface area contributed by atoms with Gasteiger partial charge in [-0.2, -0.15) is 0 Å². The van der Waals surface area contributed by atoms with Crippen LogP contribution in [0, 0.1) is 11.3 Å². The third-order valence-corrected chi connectivity index (χ3v) is 6.46. The largest absolute Gasteiger partial charge is 0.454 e. The summed E-state index contributed by atoms with van der Waals surface area (Å²) in [5, 5.41) is 0. The number of rotatable bonds is 3. The summed E-state index contributed by atoms with van der Waals surface area (Å²) in [7, 11) is 2.10. The Bertz CT molecular complexity index is 425. The number of carbonyl (C=O) groups excluding carboxylic acids is 1. The van der Waals surface area contributed by atoms with Crippen LogP contribution in [0.2, 0.25) is 0 Å². The van der Waals surface area contributed by atoms with E-state index in [4.69, 9.17) is 4.74 Å². The highest BCUT2D eigenvalue weighted by molar-refractivity contribution is 7.56. The standard InChI is InChI=1S/C12H14O2P2/c1-2-15-7-16-11-12-6-8(12)4-3-5-9(12)10(13)14-11/h2-5,8,11,16H,6-7H2,1H3. The van der Waals surface area contributed by atoms with Crippen molar-refractivity contribution in [2.75, 3.05) is 5.90 Å². The first-order chi connectivity index (χ1) is 7.79. The van der Waals surface area contributed by atoms with Crippen molar-refractivity contribution in [3.63, 3.8) is 0 Å².